The lowest BCUT2D eigenvalue weighted by Gasteiger charge is -2.17. The van der Waals surface area contributed by atoms with Crippen molar-refractivity contribution in [2.45, 2.75) is 38.1 Å². The van der Waals surface area contributed by atoms with Crippen molar-refractivity contribution in [3.63, 3.8) is 0 Å². The molecule has 5 nitrogen and oxygen atoms in total. The fourth-order valence-electron chi connectivity index (χ4n) is 3.46. The predicted octanol–water partition coefficient (Wildman–Crippen LogP) is 5.30. The minimum atomic E-state index is 0.128. The first kappa shape index (κ1) is 20.9. The third-order valence-corrected chi connectivity index (χ3v) is 6.77. The number of methoxy groups -OCH3 is 1. The van der Waals surface area contributed by atoms with Crippen LogP contribution in [0.4, 0.5) is 0 Å². The number of thiazole rings is 1. The van der Waals surface area contributed by atoms with Gasteiger partial charge in [-0.1, -0.05) is 11.8 Å². The fraction of sp³-hybridized carbons (Fsp3) is 0.429. The molecular formula is C21H26N2O3S2. The Morgan fingerprint density at radius 3 is 2.82 bits per heavy atom. The molecule has 2 heterocycles. The Balaban J connectivity index is 1.72. The maximum absolute atomic E-state index is 12.8. The Kier molecular flexibility index (Phi) is 6.80. The quantitative estimate of drug-likeness (QED) is 0.349. The summed E-state index contributed by atoms with van der Waals surface area (Å²) in [6, 6.07) is 8.09. The van der Waals surface area contributed by atoms with Gasteiger partial charge in [-0.05, 0) is 52.0 Å². The molecule has 3 rings (SSSR count). The first-order valence-electron chi connectivity index (χ1n) is 9.31. The van der Waals surface area contributed by atoms with E-state index in [1.54, 1.807) is 18.4 Å². The van der Waals surface area contributed by atoms with Crippen LogP contribution >= 0.6 is 23.1 Å². The number of carbonyl (C=O) groups excluding carboxylic acids is 1. The molecule has 150 valence electrons. The molecule has 0 aliphatic rings. The van der Waals surface area contributed by atoms with E-state index in [-0.39, 0.29) is 11.8 Å². The van der Waals surface area contributed by atoms with E-state index in [1.165, 1.54) is 11.8 Å². The summed E-state index contributed by atoms with van der Waals surface area (Å²) in [6.45, 7) is 9.37. The van der Waals surface area contributed by atoms with E-state index in [0.29, 0.717) is 19.0 Å². The highest BCUT2D eigenvalue weighted by Gasteiger charge is 2.19. The van der Waals surface area contributed by atoms with Gasteiger partial charge in [-0.25, -0.2) is 4.98 Å². The summed E-state index contributed by atoms with van der Waals surface area (Å²) in [5, 5.41) is 0. The maximum Gasteiger partial charge on any atom is 0.174 e. The Morgan fingerprint density at radius 2 is 2.11 bits per heavy atom. The normalized spacial score (nSPS) is 12.5. The van der Waals surface area contributed by atoms with Gasteiger partial charge in [0.25, 0.3) is 0 Å². The molecule has 1 aromatic carbocycles. The number of ether oxygens (including phenoxy) is 2. The SMILES string of the molecule is CCOc1ccc2nc(SCC(=O)c3cc(C)n([C@@H](C)COC)c3C)sc2c1. The summed E-state index contributed by atoms with van der Waals surface area (Å²) in [5.41, 5.74) is 3.81. The molecule has 0 aliphatic carbocycles. The Labute approximate surface area is 174 Å². The highest BCUT2D eigenvalue weighted by atomic mass is 32.2. The highest BCUT2D eigenvalue weighted by Crippen LogP contribution is 2.32. The molecule has 7 heteroatoms. The zero-order chi connectivity index (χ0) is 20.3. The lowest BCUT2D eigenvalue weighted by molar-refractivity contribution is 0.102. The lowest BCUT2D eigenvalue weighted by atomic mass is 10.2. The van der Waals surface area contributed by atoms with Crippen molar-refractivity contribution in [3.8, 4) is 5.75 Å². The van der Waals surface area contributed by atoms with E-state index in [4.69, 9.17) is 9.47 Å². The van der Waals surface area contributed by atoms with Crippen molar-refractivity contribution in [2.75, 3.05) is 26.1 Å². The number of carbonyl (C=O) groups is 1. The van der Waals surface area contributed by atoms with Gasteiger partial charge in [-0.2, -0.15) is 0 Å². The first-order chi connectivity index (χ1) is 13.4. The summed E-state index contributed by atoms with van der Waals surface area (Å²) < 4.78 is 15.0. The van der Waals surface area contributed by atoms with Crippen LogP contribution in [0.15, 0.2) is 28.6 Å². The number of thioether (sulfide) groups is 1. The van der Waals surface area contributed by atoms with E-state index >= 15 is 0 Å². The van der Waals surface area contributed by atoms with E-state index in [1.807, 2.05) is 45.0 Å². The van der Waals surface area contributed by atoms with Gasteiger partial charge in [0.1, 0.15) is 5.75 Å². The molecule has 0 amide bonds. The molecule has 0 radical (unpaired) electrons. The average molecular weight is 419 g/mol. The molecule has 0 fully saturated rings. The summed E-state index contributed by atoms with van der Waals surface area (Å²) in [4.78, 5) is 17.5. The molecule has 3 aromatic rings. The molecule has 28 heavy (non-hydrogen) atoms. The second-order valence-electron chi connectivity index (χ2n) is 6.71. The number of benzene rings is 1. The van der Waals surface area contributed by atoms with Crippen LogP contribution in [-0.2, 0) is 4.74 Å². The van der Waals surface area contributed by atoms with Crippen LogP contribution in [0.25, 0.3) is 10.2 Å². The second-order valence-corrected chi connectivity index (χ2v) is 8.97. The Bertz CT molecular complexity index is 978. The number of aromatic nitrogens is 2. The zero-order valence-corrected chi connectivity index (χ0v) is 18.6. The fourth-order valence-corrected chi connectivity index (χ4v) is 5.44. The summed E-state index contributed by atoms with van der Waals surface area (Å²) in [6.07, 6.45) is 0. The number of hydrogen-bond acceptors (Lipinski definition) is 6. The van der Waals surface area contributed by atoms with Gasteiger partial charge in [0.05, 0.1) is 35.2 Å². The van der Waals surface area contributed by atoms with Crippen LogP contribution in [0.1, 0.15) is 41.6 Å². The molecule has 0 spiro atoms. The van der Waals surface area contributed by atoms with Crippen LogP contribution in [0.2, 0.25) is 0 Å². The smallest absolute Gasteiger partial charge is 0.174 e. The minimum Gasteiger partial charge on any atom is -0.494 e. The number of rotatable bonds is 9. The predicted molar refractivity (Wildman–Crippen MR) is 116 cm³/mol. The van der Waals surface area contributed by atoms with Gasteiger partial charge in [0, 0.05) is 24.1 Å². The molecule has 0 aliphatic heterocycles. The Hall–Kier alpha value is -1.83. The molecule has 0 saturated heterocycles. The molecule has 0 unspecified atom stereocenters. The number of ketones is 1. The maximum atomic E-state index is 12.8. The first-order valence-corrected chi connectivity index (χ1v) is 11.1. The van der Waals surface area contributed by atoms with Crippen LogP contribution in [-0.4, -0.2) is 41.4 Å². The van der Waals surface area contributed by atoms with Gasteiger partial charge >= 0.3 is 0 Å². The van der Waals surface area contributed by atoms with E-state index in [9.17, 15) is 4.79 Å². The van der Waals surface area contributed by atoms with E-state index in [2.05, 4.69) is 16.5 Å². The zero-order valence-electron chi connectivity index (χ0n) is 16.9. The number of Topliss-reactive ketones (excluding diaryl/α,β-unsaturated/α-hetero) is 1. The number of aryl methyl sites for hydroxylation is 1. The van der Waals surface area contributed by atoms with E-state index < -0.39 is 0 Å². The summed E-state index contributed by atoms with van der Waals surface area (Å²) >= 11 is 3.09. The van der Waals surface area contributed by atoms with Gasteiger partial charge in [0.2, 0.25) is 0 Å². The lowest BCUT2D eigenvalue weighted by Crippen LogP contribution is -2.14. The number of nitrogens with zero attached hydrogens (tertiary/aromatic N) is 2. The minimum absolute atomic E-state index is 0.128. The molecule has 0 N–H and O–H groups in total. The van der Waals surface area contributed by atoms with Crippen LogP contribution < -0.4 is 4.74 Å². The van der Waals surface area contributed by atoms with Gasteiger partial charge in [0.15, 0.2) is 10.1 Å². The summed E-state index contributed by atoms with van der Waals surface area (Å²) in [7, 11) is 1.70. The molecule has 2 aromatic heterocycles. The van der Waals surface area contributed by atoms with Gasteiger partial charge < -0.3 is 14.0 Å². The molecule has 1 atom stereocenters. The van der Waals surface area contributed by atoms with Crippen molar-refractivity contribution in [2.24, 2.45) is 0 Å². The Morgan fingerprint density at radius 1 is 1.32 bits per heavy atom. The van der Waals surface area contributed by atoms with Gasteiger partial charge in [-0.3, -0.25) is 4.79 Å². The standard InChI is InChI=1S/C21H26N2O3S2/c1-6-26-16-7-8-18-20(10-16)28-21(22-18)27-12-19(24)17-9-13(2)23(15(17)4)14(3)11-25-5/h7-10,14H,6,11-12H2,1-5H3/t14-/m0/s1. The molecule has 0 saturated carbocycles. The van der Waals surface area contributed by atoms with Crippen LogP contribution in [0.5, 0.6) is 5.75 Å². The second kappa shape index (κ2) is 9.11. The average Bonchev–Trinajstić information content (AvgIpc) is 3.20. The number of fused-ring (bicyclic) bond motifs is 1. The summed E-state index contributed by atoms with van der Waals surface area (Å²) in [5.74, 6) is 1.35. The van der Waals surface area contributed by atoms with Crippen molar-refractivity contribution in [3.05, 3.63) is 41.2 Å². The van der Waals surface area contributed by atoms with Crippen molar-refractivity contribution in [1.29, 1.82) is 0 Å². The van der Waals surface area contributed by atoms with Gasteiger partial charge in [-0.15, -0.1) is 11.3 Å². The third kappa shape index (κ3) is 4.42. The van der Waals surface area contributed by atoms with E-state index in [0.717, 1.165) is 37.3 Å². The molecular weight excluding hydrogens is 392 g/mol. The topological polar surface area (TPSA) is 53.3 Å². The molecule has 0 bridgehead atoms. The van der Waals surface area contributed by atoms with Crippen molar-refractivity contribution < 1.29 is 14.3 Å². The van der Waals surface area contributed by atoms with Crippen molar-refractivity contribution in [1.82, 2.24) is 9.55 Å². The van der Waals surface area contributed by atoms with Crippen LogP contribution in [0.3, 0.4) is 0 Å². The number of hydrogen-bond donors (Lipinski definition) is 0. The third-order valence-electron chi connectivity index (χ3n) is 4.61. The van der Waals surface area contributed by atoms with Crippen LogP contribution in [0, 0.1) is 13.8 Å². The van der Waals surface area contributed by atoms with Crippen molar-refractivity contribution >= 4 is 39.1 Å². The highest BCUT2D eigenvalue weighted by molar-refractivity contribution is 8.01. The largest absolute Gasteiger partial charge is 0.494 e. The monoisotopic (exact) mass is 418 g/mol.